The second kappa shape index (κ2) is 6.78. The van der Waals surface area contributed by atoms with Gasteiger partial charge in [0.05, 0.1) is 5.75 Å². The molecule has 3 nitrogen and oxygen atoms in total. The van der Waals surface area contributed by atoms with Gasteiger partial charge in [0.25, 0.3) is 0 Å². The summed E-state index contributed by atoms with van der Waals surface area (Å²) in [6, 6.07) is 8.02. The largest absolute Gasteiger partial charge is 0.293 e. The maximum atomic E-state index is 12.6. The van der Waals surface area contributed by atoms with Gasteiger partial charge < -0.3 is 0 Å². The van der Waals surface area contributed by atoms with Crippen LogP contribution in [0.3, 0.4) is 0 Å². The van der Waals surface area contributed by atoms with Gasteiger partial charge in [0.1, 0.15) is 16.2 Å². The molecule has 0 bridgehead atoms. The number of hydrogen-bond donors (Lipinski definition) is 0. The standard InChI is InChI=1S/C21H22N2OS2/c1-21(2,3)14-9-7-13(8-10-14)16(24)11-25-19-18-15-5-4-6-17(15)26-20(18)23-12-22-19/h7-10,12H,4-6,11H2,1-3H3. The van der Waals surface area contributed by atoms with E-state index < -0.39 is 0 Å². The molecule has 0 spiro atoms. The first kappa shape index (κ1) is 17.7. The van der Waals surface area contributed by atoms with Gasteiger partial charge in [-0.15, -0.1) is 11.3 Å². The number of thiophene rings is 1. The van der Waals surface area contributed by atoms with Crippen LogP contribution in [0.4, 0.5) is 0 Å². The second-order valence-corrected chi connectivity index (χ2v) is 9.80. The molecule has 2 heterocycles. The van der Waals surface area contributed by atoms with E-state index in [2.05, 4.69) is 42.9 Å². The molecular formula is C21H22N2OS2. The predicted molar refractivity (Wildman–Crippen MR) is 110 cm³/mol. The van der Waals surface area contributed by atoms with Crippen molar-refractivity contribution in [3.63, 3.8) is 0 Å². The Morgan fingerprint density at radius 3 is 2.65 bits per heavy atom. The summed E-state index contributed by atoms with van der Waals surface area (Å²) in [5.41, 5.74) is 3.52. The first-order valence-corrected chi connectivity index (χ1v) is 10.8. The van der Waals surface area contributed by atoms with Gasteiger partial charge in [-0.25, -0.2) is 9.97 Å². The van der Waals surface area contributed by atoms with Crippen molar-refractivity contribution in [3.8, 4) is 0 Å². The van der Waals surface area contributed by atoms with Gasteiger partial charge in [-0.2, -0.15) is 0 Å². The van der Waals surface area contributed by atoms with E-state index in [1.807, 2.05) is 12.1 Å². The van der Waals surface area contributed by atoms with Gasteiger partial charge in [0.15, 0.2) is 5.78 Å². The Bertz CT molecular complexity index is 968. The van der Waals surface area contributed by atoms with Crippen LogP contribution in [0.2, 0.25) is 0 Å². The zero-order valence-corrected chi connectivity index (χ0v) is 17.0. The van der Waals surface area contributed by atoms with E-state index in [0.717, 1.165) is 28.3 Å². The SMILES string of the molecule is CC(C)(C)c1ccc(C(=O)CSc2ncnc3sc4c(c23)CCC4)cc1. The smallest absolute Gasteiger partial charge is 0.173 e. The van der Waals surface area contributed by atoms with Crippen LogP contribution in [0.1, 0.15) is 53.6 Å². The van der Waals surface area contributed by atoms with Gasteiger partial charge in [-0.1, -0.05) is 56.8 Å². The molecule has 2 aromatic heterocycles. The summed E-state index contributed by atoms with van der Waals surface area (Å²) in [7, 11) is 0. The number of rotatable bonds is 4. The summed E-state index contributed by atoms with van der Waals surface area (Å²) in [5.74, 6) is 0.556. The molecule has 1 aliphatic rings. The molecule has 0 atom stereocenters. The fourth-order valence-electron chi connectivity index (χ4n) is 3.38. The van der Waals surface area contributed by atoms with Crippen LogP contribution in [0.25, 0.3) is 10.2 Å². The number of carbonyl (C=O) groups excluding carboxylic acids is 1. The third-order valence-electron chi connectivity index (χ3n) is 4.88. The molecule has 4 rings (SSSR count). The topological polar surface area (TPSA) is 42.9 Å². The minimum Gasteiger partial charge on any atom is -0.293 e. The molecule has 0 N–H and O–H groups in total. The first-order valence-electron chi connectivity index (χ1n) is 8.95. The fourth-order valence-corrected chi connectivity index (χ4v) is 5.60. The van der Waals surface area contributed by atoms with Crippen molar-refractivity contribution >= 4 is 39.1 Å². The van der Waals surface area contributed by atoms with E-state index in [-0.39, 0.29) is 11.2 Å². The highest BCUT2D eigenvalue weighted by molar-refractivity contribution is 8.00. The second-order valence-electron chi connectivity index (χ2n) is 7.76. The highest BCUT2D eigenvalue weighted by Crippen LogP contribution is 2.40. The number of fused-ring (bicyclic) bond motifs is 3. The molecule has 0 saturated carbocycles. The highest BCUT2D eigenvalue weighted by Gasteiger charge is 2.22. The third kappa shape index (κ3) is 3.30. The number of nitrogens with zero attached hydrogens (tertiary/aromatic N) is 2. The monoisotopic (exact) mass is 382 g/mol. The minimum absolute atomic E-state index is 0.0994. The fraction of sp³-hybridized carbons (Fsp3) is 0.381. The van der Waals surface area contributed by atoms with Gasteiger partial charge >= 0.3 is 0 Å². The molecule has 0 fully saturated rings. The Labute approximate surface area is 162 Å². The molecule has 0 radical (unpaired) electrons. The molecular weight excluding hydrogens is 360 g/mol. The lowest BCUT2D eigenvalue weighted by Crippen LogP contribution is -2.11. The van der Waals surface area contributed by atoms with Crippen molar-refractivity contribution in [1.82, 2.24) is 9.97 Å². The lowest BCUT2D eigenvalue weighted by atomic mass is 9.86. The summed E-state index contributed by atoms with van der Waals surface area (Å²) in [5, 5.41) is 2.14. The number of benzene rings is 1. The first-order chi connectivity index (χ1) is 12.4. The number of Topliss-reactive ketones (excluding diaryl/α,β-unsaturated/α-hetero) is 1. The minimum atomic E-state index is 0.0994. The van der Waals surface area contributed by atoms with E-state index in [0.29, 0.717) is 5.75 Å². The molecule has 0 aliphatic heterocycles. The Kier molecular flexibility index (Phi) is 4.61. The average molecular weight is 383 g/mol. The van der Waals surface area contributed by atoms with Crippen LogP contribution in [0.15, 0.2) is 35.6 Å². The van der Waals surface area contributed by atoms with Crippen molar-refractivity contribution < 1.29 is 4.79 Å². The molecule has 0 saturated heterocycles. The van der Waals surface area contributed by atoms with Crippen LogP contribution >= 0.6 is 23.1 Å². The van der Waals surface area contributed by atoms with Crippen LogP contribution < -0.4 is 0 Å². The van der Waals surface area contributed by atoms with Crippen LogP contribution in [0, 0.1) is 0 Å². The molecule has 0 amide bonds. The van der Waals surface area contributed by atoms with E-state index in [1.165, 1.54) is 39.6 Å². The number of aromatic nitrogens is 2. The molecule has 1 aliphatic carbocycles. The van der Waals surface area contributed by atoms with Crippen molar-refractivity contribution in [3.05, 3.63) is 52.2 Å². The number of thioether (sulfide) groups is 1. The number of aryl methyl sites for hydroxylation is 2. The number of hydrogen-bond acceptors (Lipinski definition) is 5. The van der Waals surface area contributed by atoms with Gasteiger partial charge in [0, 0.05) is 15.8 Å². The number of ketones is 1. The summed E-state index contributed by atoms with van der Waals surface area (Å²) in [6.07, 6.45) is 5.10. The van der Waals surface area contributed by atoms with Gasteiger partial charge in [-0.05, 0) is 35.8 Å². The van der Waals surface area contributed by atoms with Crippen molar-refractivity contribution in [2.45, 2.75) is 50.5 Å². The maximum absolute atomic E-state index is 12.6. The van der Waals surface area contributed by atoms with Gasteiger partial charge in [0.2, 0.25) is 0 Å². The average Bonchev–Trinajstić information content (AvgIpc) is 3.20. The molecule has 5 heteroatoms. The van der Waals surface area contributed by atoms with Gasteiger partial charge in [-0.3, -0.25) is 4.79 Å². The molecule has 26 heavy (non-hydrogen) atoms. The van der Waals surface area contributed by atoms with E-state index in [4.69, 9.17) is 0 Å². The Morgan fingerprint density at radius 1 is 1.15 bits per heavy atom. The summed E-state index contributed by atoms with van der Waals surface area (Å²) >= 11 is 3.32. The maximum Gasteiger partial charge on any atom is 0.173 e. The van der Waals surface area contributed by atoms with Crippen molar-refractivity contribution in [2.24, 2.45) is 0 Å². The van der Waals surface area contributed by atoms with Crippen LogP contribution in [-0.2, 0) is 18.3 Å². The normalized spacial score (nSPS) is 14.0. The van der Waals surface area contributed by atoms with E-state index >= 15 is 0 Å². The summed E-state index contributed by atoms with van der Waals surface area (Å²) in [4.78, 5) is 24.0. The zero-order valence-electron chi connectivity index (χ0n) is 15.3. The quantitative estimate of drug-likeness (QED) is 0.342. The molecule has 134 valence electrons. The number of carbonyl (C=O) groups is 1. The Morgan fingerprint density at radius 2 is 1.92 bits per heavy atom. The van der Waals surface area contributed by atoms with Crippen LogP contribution in [0.5, 0.6) is 0 Å². The Hall–Kier alpha value is -1.72. The van der Waals surface area contributed by atoms with Crippen molar-refractivity contribution in [1.29, 1.82) is 0 Å². The molecule has 1 aromatic carbocycles. The van der Waals surface area contributed by atoms with Crippen LogP contribution in [-0.4, -0.2) is 21.5 Å². The summed E-state index contributed by atoms with van der Waals surface area (Å²) < 4.78 is 0. The molecule has 3 aromatic rings. The predicted octanol–water partition coefficient (Wildman–Crippen LogP) is 5.45. The Balaban J connectivity index is 1.52. The molecule has 0 unspecified atom stereocenters. The lowest BCUT2D eigenvalue weighted by Gasteiger charge is -2.18. The summed E-state index contributed by atoms with van der Waals surface area (Å²) in [6.45, 7) is 6.54. The van der Waals surface area contributed by atoms with Crippen molar-refractivity contribution in [2.75, 3.05) is 5.75 Å². The third-order valence-corrected chi connectivity index (χ3v) is 7.07. The zero-order chi connectivity index (χ0) is 18.3. The van der Waals surface area contributed by atoms with E-state index in [9.17, 15) is 4.79 Å². The highest BCUT2D eigenvalue weighted by atomic mass is 32.2. The lowest BCUT2D eigenvalue weighted by molar-refractivity contribution is 0.102. The van der Waals surface area contributed by atoms with E-state index in [1.54, 1.807) is 17.7 Å².